The molecule has 0 aliphatic rings. The van der Waals surface area contributed by atoms with Gasteiger partial charge in [-0.05, 0) is 6.07 Å². The lowest BCUT2D eigenvalue weighted by Gasteiger charge is -2.07. The predicted octanol–water partition coefficient (Wildman–Crippen LogP) is 1.61. The normalized spacial score (nSPS) is 10.3. The van der Waals surface area contributed by atoms with Crippen LogP contribution in [-0.4, -0.2) is 12.1 Å². The van der Waals surface area contributed by atoms with Gasteiger partial charge < -0.3 is 10.5 Å². The molecule has 0 bridgehead atoms. The summed E-state index contributed by atoms with van der Waals surface area (Å²) in [5, 5.41) is 0. The highest BCUT2D eigenvalue weighted by Gasteiger charge is 2.17. The van der Waals surface area contributed by atoms with E-state index in [4.69, 9.17) is 5.73 Å². The largest absolute Gasteiger partial charge is 0.481 e. The molecule has 1 aromatic rings. The molecule has 0 aliphatic carbocycles. The molecule has 0 fully saturated rings. The van der Waals surface area contributed by atoms with Gasteiger partial charge in [-0.25, -0.2) is 13.8 Å². The Labute approximate surface area is 68.2 Å². The predicted molar refractivity (Wildman–Crippen MR) is 40.2 cm³/mol. The Morgan fingerprint density at radius 2 is 2.25 bits per heavy atom. The van der Waals surface area contributed by atoms with Crippen molar-refractivity contribution in [2.45, 2.75) is 6.43 Å². The van der Waals surface area contributed by atoms with Crippen LogP contribution in [0.5, 0.6) is 5.88 Å². The van der Waals surface area contributed by atoms with Crippen molar-refractivity contribution in [2.24, 2.45) is 0 Å². The number of rotatable bonds is 2. The lowest BCUT2D eigenvalue weighted by Crippen LogP contribution is -2.00. The number of nitrogens with two attached hydrogens (primary N) is 1. The van der Waals surface area contributed by atoms with Gasteiger partial charge in [-0.15, -0.1) is 0 Å². The first-order valence-corrected chi connectivity index (χ1v) is 3.23. The van der Waals surface area contributed by atoms with Gasteiger partial charge in [0.15, 0.2) is 0 Å². The van der Waals surface area contributed by atoms with Crippen molar-refractivity contribution in [3.05, 3.63) is 17.8 Å². The molecule has 5 heteroatoms. The lowest BCUT2D eigenvalue weighted by atomic mass is 10.2. The number of ether oxygens (including phenoxy) is 1. The van der Waals surface area contributed by atoms with Crippen molar-refractivity contribution in [2.75, 3.05) is 12.8 Å². The topological polar surface area (TPSA) is 48.1 Å². The Morgan fingerprint density at radius 3 is 2.67 bits per heavy atom. The van der Waals surface area contributed by atoms with Crippen LogP contribution in [0.3, 0.4) is 0 Å². The molecule has 12 heavy (non-hydrogen) atoms. The van der Waals surface area contributed by atoms with Crippen LogP contribution in [0, 0.1) is 0 Å². The van der Waals surface area contributed by atoms with Crippen LogP contribution in [0.25, 0.3) is 0 Å². The second-order valence-corrected chi connectivity index (χ2v) is 2.12. The van der Waals surface area contributed by atoms with Gasteiger partial charge in [-0.3, -0.25) is 0 Å². The Kier molecular flexibility index (Phi) is 2.42. The van der Waals surface area contributed by atoms with Crippen LogP contribution in [-0.2, 0) is 0 Å². The summed E-state index contributed by atoms with van der Waals surface area (Å²) in [5.74, 6) is -0.120. The average molecular weight is 174 g/mol. The molecule has 0 unspecified atom stereocenters. The molecule has 0 aliphatic heterocycles. The summed E-state index contributed by atoms with van der Waals surface area (Å²) in [6.07, 6.45) is -1.34. The Hall–Kier alpha value is -1.39. The van der Waals surface area contributed by atoms with Crippen molar-refractivity contribution in [3.8, 4) is 5.88 Å². The molecule has 0 saturated carbocycles. The minimum atomic E-state index is -2.66. The van der Waals surface area contributed by atoms with E-state index in [1.54, 1.807) is 0 Å². The quantitative estimate of drug-likeness (QED) is 0.740. The summed E-state index contributed by atoms with van der Waals surface area (Å²) < 4.78 is 29.2. The fraction of sp³-hybridized carbons (Fsp3) is 0.286. The number of nitrogen functional groups attached to an aromatic ring is 1. The van der Waals surface area contributed by atoms with Crippen molar-refractivity contribution in [1.29, 1.82) is 0 Å². The highest BCUT2D eigenvalue weighted by Crippen LogP contribution is 2.31. The third-order valence-electron chi connectivity index (χ3n) is 1.40. The van der Waals surface area contributed by atoms with E-state index in [-0.39, 0.29) is 17.1 Å². The van der Waals surface area contributed by atoms with Crippen molar-refractivity contribution < 1.29 is 13.5 Å². The molecular formula is C7H8F2N2O. The Balaban J connectivity index is 3.20. The van der Waals surface area contributed by atoms with Gasteiger partial charge in [0.05, 0.1) is 7.11 Å². The van der Waals surface area contributed by atoms with Crippen molar-refractivity contribution >= 4 is 5.69 Å². The SMILES string of the molecule is COc1nccc(N)c1C(F)F. The number of halogens is 2. The molecule has 2 N–H and O–H groups in total. The number of pyridine rings is 1. The zero-order valence-electron chi connectivity index (χ0n) is 6.42. The summed E-state index contributed by atoms with van der Waals surface area (Å²) in [7, 11) is 1.27. The smallest absolute Gasteiger partial charge is 0.271 e. The van der Waals surface area contributed by atoms with Crippen LogP contribution >= 0.6 is 0 Å². The lowest BCUT2D eigenvalue weighted by molar-refractivity contribution is 0.147. The summed E-state index contributed by atoms with van der Waals surface area (Å²) >= 11 is 0. The first-order chi connectivity index (χ1) is 5.66. The monoisotopic (exact) mass is 174 g/mol. The maximum Gasteiger partial charge on any atom is 0.271 e. The van der Waals surface area contributed by atoms with Crippen LogP contribution < -0.4 is 10.5 Å². The summed E-state index contributed by atoms with van der Waals surface area (Å²) in [5.41, 5.74) is 4.95. The average Bonchev–Trinajstić information content (AvgIpc) is 2.03. The molecule has 0 radical (unpaired) electrons. The van der Waals surface area contributed by atoms with Crippen LogP contribution in [0.4, 0.5) is 14.5 Å². The maximum absolute atomic E-state index is 12.3. The van der Waals surface area contributed by atoms with Crippen LogP contribution in [0.1, 0.15) is 12.0 Å². The van der Waals surface area contributed by atoms with E-state index in [1.165, 1.54) is 19.4 Å². The molecule has 66 valence electrons. The second kappa shape index (κ2) is 3.34. The summed E-state index contributed by atoms with van der Waals surface area (Å²) in [6.45, 7) is 0. The maximum atomic E-state index is 12.3. The zero-order valence-corrected chi connectivity index (χ0v) is 6.42. The highest BCUT2D eigenvalue weighted by molar-refractivity contribution is 5.51. The fourth-order valence-corrected chi connectivity index (χ4v) is 0.850. The van der Waals surface area contributed by atoms with E-state index in [9.17, 15) is 8.78 Å². The molecular weight excluding hydrogens is 166 g/mol. The van der Waals surface area contributed by atoms with Gasteiger partial charge >= 0.3 is 0 Å². The minimum Gasteiger partial charge on any atom is -0.481 e. The number of methoxy groups -OCH3 is 1. The molecule has 1 heterocycles. The third kappa shape index (κ3) is 1.44. The molecule has 0 spiro atoms. The summed E-state index contributed by atoms with van der Waals surface area (Å²) in [6, 6.07) is 1.31. The highest BCUT2D eigenvalue weighted by atomic mass is 19.3. The first kappa shape index (κ1) is 8.70. The van der Waals surface area contributed by atoms with Gasteiger partial charge in [-0.1, -0.05) is 0 Å². The molecule has 0 saturated heterocycles. The minimum absolute atomic E-state index is 0.00292. The van der Waals surface area contributed by atoms with Crippen molar-refractivity contribution in [1.82, 2.24) is 4.98 Å². The molecule has 0 aromatic carbocycles. The van der Waals surface area contributed by atoms with E-state index < -0.39 is 6.43 Å². The second-order valence-electron chi connectivity index (χ2n) is 2.12. The fourth-order valence-electron chi connectivity index (χ4n) is 0.850. The number of alkyl halides is 2. The number of nitrogens with zero attached hydrogens (tertiary/aromatic N) is 1. The number of hydrogen-bond acceptors (Lipinski definition) is 3. The Bertz CT molecular complexity index is 278. The van der Waals surface area contributed by atoms with Gasteiger partial charge in [-0.2, -0.15) is 0 Å². The number of aromatic nitrogens is 1. The van der Waals surface area contributed by atoms with Crippen LogP contribution in [0.2, 0.25) is 0 Å². The zero-order chi connectivity index (χ0) is 9.14. The van der Waals surface area contributed by atoms with Gasteiger partial charge in [0.25, 0.3) is 6.43 Å². The number of hydrogen-bond donors (Lipinski definition) is 1. The number of anilines is 1. The van der Waals surface area contributed by atoms with E-state index in [0.717, 1.165) is 0 Å². The van der Waals surface area contributed by atoms with E-state index in [1.807, 2.05) is 0 Å². The van der Waals surface area contributed by atoms with Gasteiger partial charge in [0, 0.05) is 11.9 Å². The molecule has 3 nitrogen and oxygen atoms in total. The van der Waals surface area contributed by atoms with E-state index >= 15 is 0 Å². The van der Waals surface area contributed by atoms with E-state index in [2.05, 4.69) is 9.72 Å². The standard InChI is InChI=1S/C7H8F2N2O/c1-12-7-5(6(8)9)4(10)2-3-11-7/h2-3,6H,1H3,(H2,10,11). The molecule has 0 amide bonds. The van der Waals surface area contributed by atoms with E-state index in [0.29, 0.717) is 0 Å². The molecule has 1 aromatic heterocycles. The third-order valence-corrected chi connectivity index (χ3v) is 1.40. The molecule has 1 rings (SSSR count). The first-order valence-electron chi connectivity index (χ1n) is 3.23. The Morgan fingerprint density at radius 1 is 1.58 bits per heavy atom. The van der Waals surface area contributed by atoms with Crippen LogP contribution in [0.15, 0.2) is 12.3 Å². The van der Waals surface area contributed by atoms with Crippen molar-refractivity contribution in [3.63, 3.8) is 0 Å². The van der Waals surface area contributed by atoms with Gasteiger partial charge in [0.1, 0.15) is 5.56 Å². The summed E-state index contributed by atoms with van der Waals surface area (Å²) in [4.78, 5) is 3.60. The molecule has 0 atom stereocenters. The van der Waals surface area contributed by atoms with Gasteiger partial charge in [0.2, 0.25) is 5.88 Å².